The molecular formula is C21H26N2O4S2. The minimum atomic E-state index is -3.63. The normalized spacial score (nSPS) is 15.3. The molecule has 0 saturated heterocycles. The monoisotopic (exact) mass is 434 g/mol. The minimum absolute atomic E-state index is 0.120. The van der Waals surface area contributed by atoms with Crippen LogP contribution in [-0.2, 0) is 10.0 Å². The molecule has 4 N–H and O–H groups in total. The Labute approximate surface area is 175 Å². The highest BCUT2D eigenvalue weighted by atomic mass is 32.2. The van der Waals surface area contributed by atoms with Crippen molar-refractivity contribution in [1.29, 1.82) is 0 Å². The number of nitrogen functional groups attached to an aromatic ring is 1. The summed E-state index contributed by atoms with van der Waals surface area (Å²) in [5, 5.41) is 9.31. The van der Waals surface area contributed by atoms with Crippen LogP contribution in [0.4, 0.5) is 5.69 Å². The SMILES string of the molecule is Nc1cc(S(=O)(=O)NCCC2CCCCC2)ccc1Sc1ccccc1C(=O)O. The summed E-state index contributed by atoms with van der Waals surface area (Å²) in [5.41, 5.74) is 6.55. The van der Waals surface area contributed by atoms with Crippen molar-refractivity contribution in [2.75, 3.05) is 12.3 Å². The Hall–Kier alpha value is -2.03. The van der Waals surface area contributed by atoms with Crippen LogP contribution in [0.25, 0.3) is 0 Å². The van der Waals surface area contributed by atoms with Crippen LogP contribution in [0.1, 0.15) is 48.9 Å². The third-order valence-corrected chi connectivity index (χ3v) is 7.82. The van der Waals surface area contributed by atoms with Gasteiger partial charge in [0, 0.05) is 22.0 Å². The third kappa shape index (κ3) is 5.74. The van der Waals surface area contributed by atoms with Gasteiger partial charge >= 0.3 is 5.97 Å². The lowest BCUT2D eigenvalue weighted by Crippen LogP contribution is -2.26. The number of carbonyl (C=O) groups is 1. The highest BCUT2D eigenvalue weighted by molar-refractivity contribution is 7.99. The summed E-state index contributed by atoms with van der Waals surface area (Å²) in [4.78, 5) is 12.6. The molecule has 0 radical (unpaired) electrons. The van der Waals surface area contributed by atoms with Crippen molar-refractivity contribution >= 4 is 33.4 Å². The molecule has 2 aromatic carbocycles. The fourth-order valence-electron chi connectivity index (χ4n) is 3.59. The van der Waals surface area contributed by atoms with E-state index < -0.39 is 16.0 Å². The van der Waals surface area contributed by atoms with Crippen LogP contribution in [0, 0.1) is 5.92 Å². The Bertz CT molecular complexity index is 970. The van der Waals surface area contributed by atoms with Crippen molar-refractivity contribution < 1.29 is 18.3 Å². The Morgan fingerprint density at radius 3 is 2.52 bits per heavy atom. The second kappa shape index (κ2) is 9.65. The number of hydrogen-bond donors (Lipinski definition) is 3. The topological polar surface area (TPSA) is 109 Å². The second-order valence-corrected chi connectivity index (χ2v) is 10.1. The number of carboxylic acid groups (broad SMARTS) is 1. The number of aromatic carboxylic acids is 1. The van der Waals surface area contributed by atoms with Gasteiger partial charge in [-0.1, -0.05) is 56.0 Å². The van der Waals surface area contributed by atoms with Crippen molar-refractivity contribution in [1.82, 2.24) is 4.72 Å². The summed E-state index contributed by atoms with van der Waals surface area (Å²) in [7, 11) is -3.63. The summed E-state index contributed by atoms with van der Waals surface area (Å²) in [6.07, 6.45) is 6.96. The molecule has 0 atom stereocenters. The van der Waals surface area contributed by atoms with E-state index in [1.165, 1.54) is 62.1 Å². The molecule has 8 heteroatoms. The van der Waals surface area contributed by atoms with Gasteiger partial charge in [0.15, 0.2) is 0 Å². The molecule has 1 fully saturated rings. The molecule has 0 amide bonds. The van der Waals surface area contributed by atoms with Gasteiger partial charge in [0.1, 0.15) is 0 Å². The number of nitrogens with two attached hydrogens (primary N) is 1. The van der Waals surface area contributed by atoms with Gasteiger partial charge in [0.05, 0.1) is 10.5 Å². The molecular weight excluding hydrogens is 408 g/mol. The first-order chi connectivity index (χ1) is 13.9. The zero-order valence-electron chi connectivity index (χ0n) is 16.1. The van der Waals surface area contributed by atoms with Gasteiger partial charge in [0.25, 0.3) is 0 Å². The number of anilines is 1. The van der Waals surface area contributed by atoms with Gasteiger partial charge in [-0.05, 0) is 42.7 Å². The van der Waals surface area contributed by atoms with Crippen molar-refractivity contribution in [3.8, 4) is 0 Å². The van der Waals surface area contributed by atoms with E-state index in [1.54, 1.807) is 24.3 Å². The predicted octanol–water partition coefficient (Wildman–Crippen LogP) is 4.37. The Morgan fingerprint density at radius 2 is 1.83 bits per heavy atom. The Kier molecular flexibility index (Phi) is 7.21. The van der Waals surface area contributed by atoms with E-state index in [0.29, 0.717) is 27.9 Å². The van der Waals surface area contributed by atoms with Gasteiger partial charge in [-0.15, -0.1) is 0 Å². The number of benzene rings is 2. The fraction of sp³-hybridized carbons (Fsp3) is 0.381. The molecule has 156 valence electrons. The van der Waals surface area contributed by atoms with Crippen molar-refractivity contribution in [3.63, 3.8) is 0 Å². The van der Waals surface area contributed by atoms with Gasteiger partial charge < -0.3 is 10.8 Å². The average molecular weight is 435 g/mol. The third-order valence-electron chi connectivity index (χ3n) is 5.20. The van der Waals surface area contributed by atoms with Crippen LogP contribution >= 0.6 is 11.8 Å². The molecule has 29 heavy (non-hydrogen) atoms. The molecule has 0 unspecified atom stereocenters. The quantitative estimate of drug-likeness (QED) is 0.532. The molecule has 1 aliphatic carbocycles. The number of sulfonamides is 1. The zero-order chi connectivity index (χ0) is 20.9. The molecule has 0 spiro atoms. The maximum Gasteiger partial charge on any atom is 0.336 e. The van der Waals surface area contributed by atoms with Crippen molar-refractivity contribution in [3.05, 3.63) is 48.0 Å². The lowest BCUT2D eigenvalue weighted by molar-refractivity contribution is 0.0693. The van der Waals surface area contributed by atoms with Crippen LogP contribution in [0.5, 0.6) is 0 Å². The van der Waals surface area contributed by atoms with Crippen LogP contribution < -0.4 is 10.5 Å². The molecule has 2 aromatic rings. The van der Waals surface area contributed by atoms with Gasteiger partial charge in [-0.3, -0.25) is 0 Å². The van der Waals surface area contributed by atoms with E-state index in [9.17, 15) is 18.3 Å². The van der Waals surface area contributed by atoms with Crippen molar-refractivity contribution in [2.45, 2.75) is 53.2 Å². The van der Waals surface area contributed by atoms with Gasteiger partial charge in [0.2, 0.25) is 10.0 Å². The largest absolute Gasteiger partial charge is 0.478 e. The maximum absolute atomic E-state index is 12.6. The smallest absolute Gasteiger partial charge is 0.336 e. The van der Waals surface area contributed by atoms with E-state index >= 15 is 0 Å². The standard InChI is InChI=1S/C21H26N2O4S2/c22-18-14-16(29(26,27)23-13-12-15-6-2-1-3-7-15)10-11-20(18)28-19-9-5-4-8-17(19)21(24)25/h4-5,8-11,14-15,23H,1-3,6-7,12-13,22H2,(H,24,25). The van der Waals surface area contributed by atoms with Crippen LogP contribution in [0.15, 0.2) is 57.2 Å². The summed E-state index contributed by atoms with van der Waals surface area (Å²) in [5.74, 6) is -0.419. The lowest BCUT2D eigenvalue weighted by Gasteiger charge is -2.21. The first-order valence-corrected chi connectivity index (χ1v) is 12.1. The summed E-state index contributed by atoms with van der Waals surface area (Å²) >= 11 is 1.20. The van der Waals surface area contributed by atoms with Crippen LogP contribution in [-0.4, -0.2) is 26.0 Å². The van der Waals surface area contributed by atoms with E-state index in [0.717, 1.165) is 6.42 Å². The van der Waals surface area contributed by atoms with E-state index in [1.807, 2.05) is 0 Å². The molecule has 0 aromatic heterocycles. The zero-order valence-corrected chi connectivity index (χ0v) is 17.8. The molecule has 1 saturated carbocycles. The van der Waals surface area contributed by atoms with E-state index in [-0.39, 0.29) is 10.5 Å². The second-order valence-electron chi connectivity index (χ2n) is 7.29. The van der Waals surface area contributed by atoms with Crippen molar-refractivity contribution in [2.24, 2.45) is 5.92 Å². The summed E-state index contributed by atoms with van der Waals surface area (Å²) in [6, 6.07) is 11.2. The molecule has 0 aliphatic heterocycles. The molecule has 0 bridgehead atoms. The Morgan fingerprint density at radius 1 is 1.10 bits per heavy atom. The lowest BCUT2D eigenvalue weighted by atomic mass is 9.87. The number of hydrogen-bond acceptors (Lipinski definition) is 5. The highest BCUT2D eigenvalue weighted by Crippen LogP contribution is 2.35. The molecule has 3 rings (SSSR count). The fourth-order valence-corrected chi connectivity index (χ4v) is 5.64. The maximum atomic E-state index is 12.6. The minimum Gasteiger partial charge on any atom is -0.478 e. The number of carboxylic acids is 1. The molecule has 6 nitrogen and oxygen atoms in total. The first-order valence-electron chi connectivity index (χ1n) is 9.76. The Balaban J connectivity index is 1.67. The number of rotatable bonds is 8. The summed E-state index contributed by atoms with van der Waals surface area (Å²) < 4.78 is 27.9. The van der Waals surface area contributed by atoms with E-state index in [4.69, 9.17) is 5.73 Å². The van der Waals surface area contributed by atoms with E-state index in [2.05, 4.69) is 4.72 Å². The van der Waals surface area contributed by atoms with Gasteiger partial charge in [-0.25, -0.2) is 17.9 Å². The van der Waals surface area contributed by atoms with Crippen LogP contribution in [0.3, 0.4) is 0 Å². The number of nitrogens with one attached hydrogen (secondary N) is 1. The predicted molar refractivity (Wildman–Crippen MR) is 115 cm³/mol. The summed E-state index contributed by atoms with van der Waals surface area (Å²) in [6.45, 7) is 0.426. The highest BCUT2D eigenvalue weighted by Gasteiger charge is 2.19. The van der Waals surface area contributed by atoms with Crippen LogP contribution in [0.2, 0.25) is 0 Å². The van der Waals surface area contributed by atoms with Gasteiger partial charge in [-0.2, -0.15) is 0 Å². The average Bonchev–Trinajstić information content (AvgIpc) is 2.70. The molecule has 1 aliphatic rings. The first kappa shape index (κ1) is 21.7. The molecule has 0 heterocycles.